The maximum absolute atomic E-state index is 14.4. The SMILES string of the molecule is CCNc1ccc(F)c(C(=O)NCC(=O)N2CCN(c3c(CC)n(CC(=O)Nc4ccc(C(F)(F)F)cc4Cl)c4nc(C5=CCOCC5)nn4c3=O)CC2)c1. The molecule has 14 nitrogen and oxygen atoms in total. The van der Waals surface area contributed by atoms with Gasteiger partial charge in [-0.1, -0.05) is 24.6 Å². The average molecular weight is 788 g/mol. The number of hydrogen-bond acceptors (Lipinski definition) is 9. The Morgan fingerprint density at radius 2 is 1.80 bits per heavy atom. The zero-order chi connectivity index (χ0) is 39.4. The van der Waals surface area contributed by atoms with Crippen molar-refractivity contribution in [2.75, 3.05) is 68.0 Å². The van der Waals surface area contributed by atoms with Crippen LogP contribution in [0.25, 0.3) is 11.4 Å². The highest BCUT2D eigenvalue weighted by Crippen LogP contribution is 2.34. The third kappa shape index (κ3) is 8.59. The first kappa shape index (κ1) is 39.2. The second-order valence-electron chi connectivity index (χ2n) is 12.8. The smallest absolute Gasteiger partial charge is 0.385 e. The molecule has 0 saturated carbocycles. The summed E-state index contributed by atoms with van der Waals surface area (Å²) in [6, 6.07) is 6.65. The van der Waals surface area contributed by atoms with Crippen LogP contribution in [-0.4, -0.2) is 94.3 Å². The van der Waals surface area contributed by atoms with E-state index in [1.165, 1.54) is 27.7 Å². The topological polar surface area (TPSA) is 155 Å². The fourth-order valence-electron chi connectivity index (χ4n) is 6.48. The van der Waals surface area contributed by atoms with E-state index in [1.807, 2.05) is 13.0 Å². The van der Waals surface area contributed by atoms with Gasteiger partial charge >= 0.3 is 6.18 Å². The van der Waals surface area contributed by atoms with Crippen LogP contribution in [-0.2, 0) is 33.5 Å². The highest BCUT2D eigenvalue weighted by molar-refractivity contribution is 6.33. The van der Waals surface area contributed by atoms with Crippen LogP contribution in [0.4, 0.5) is 34.6 Å². The molecule has 1 saturated heterocycles. The second kappa shape index (κ2) is 16.5. The summed E-state index contributed by atoms with van der Waals surface area (Å²) in [7, 11) is 0. The monoisotopic (exact) mass is 787 g/mol. The number of ether oxygens (including phenoxy) is 1. The summed E-state index contributed by atoms with van der Waals surface area (Å²) in [6.45, 7) is 5.03. The van der Waals surface area contributed by atoms with Gasteiger partial charge in [-0.15, -0.1) is 5.10 Å². The first-order chi connectivity index (χ1) is 26.3. The summed E-state index contributed by atoms with van der Waals surface area (Å²) in [5.74, 6) is -2.14. The molecule has 2 aliphatic heterocycles. The molecule has 55 heavy (non-hydrogen) atoms. The Hall–Kier alpha value is -5.49. The van der Waals surface area contributed by atoms with Crippen LogP contribution in [0.15, 0.2) is 47.3 Å². The third-order valence-electron chi connectivity index (χ3n) is 9.22. The molecule has 0 atom stereocenters. The van der Waals surface area contributed by atoms with E-state index in [0.29, 0.717) is 37.6 Å². The molecule has 19 heteroatoms. The third-order valence-corrected chi connectivity index (χ3v) is 9.54. The molecule has 3 amide bonds. The molecule has 3 N–H and O–H groups in total. The van der Waals surface area contributed by atoms with Gasteiger partial charge in [0.15, 0.2) is 5.82 Å². The van der Waals surface area contributed by atoms with E-state index >= 15 is 0 Å². The fraction of sp³-hybridized carbons (Fsp3) is 0.389. The molecule has 1 fully saturated rings. The van der Waals surface area contributed by atoms with Crippen molar-refractivity contribution >= 4 is 57.7 Å². The van der Waals surface area contributed by atoms with Gasteiger partial charge in [-0.2, -0.15) is 22.7 Å². The first-order valence-corrected chi connectivity index (χ1v) is 18.0. The van der Waals surface area contributed by atoms with E-state index < -0.39 is 47.4 Å². The molecule has 6 rings (SSSR count). The van der Waals surface area contributed by atoms with Crippen LogP contribution in [0.3, 0.4) is 0 Å². The van der Waals surface area contributed by atoms with Crippen molar-refractivity contribution in [3.63, 3.8) is 0 Å². The zero-order valence-corrected chi connectivity index (χ0v) is 30.7. The summed E-state index contributed by atoms with van der Waals surface area (Å²) < 4.78 is 62.1. The molecule has 2 aromatic carbocycles. The molecular formula is C36H38ClF4N9O5. The lowest BCUT2D eigenvalue weighted by molar-refractivity contribution is -0.137. The molecule has 2 aromatic heterocycles. The van der Waals surface area contributed by atoms with Gasteiger partial charge in [0, 0.05) is 38.4 Å². The molecule has 0 radical (unpaired) electrons. The van der Waals surface area contributed by atoms with Crippen LogP contribution < -0.4 is 26.4 Å². The molecule has 2 aliphatic rings. The molecular weight excluding hydrogens is 750 g/mol. The quantitative estimate of drug-likeness (QED) is 0.190. The molecule has 0 bridgehead atoms. The van der Waals surface area contributed by atoms with E-state index in [2.05, 4.69) is 26.0 Å². The van der Waals surface area contributed by atoms with Gasteiger partial charge in [-0.05, 0) is 61.7 Å². The van der Waals surface area contributed by atoms with Crippen molar-refractivity contribution in [2.45, 2.75) is 39.4 Å². The zero-order valence-electron chi connectivity index (χ0n) is 29.9. The predicted octanol–water partition coefficient (Wildman–Crippen LogP) is 4.22. The lowest BCUT2D eigenvalue weighted by atomic mass is 10.1. The van der Waals surface area contributed by atoms with E-state index in [1.54, 1.807) is 11.8 Å². The normalized spacial score (nSPS) is 14.9. The van der Waals surface area contributed by atoms with Crippen molar-refractivity contribution in [2.24, 2.45) is 0 Å². The molecule has 0 spiro atoms. The van der Waals surface area contributed by atoms with Crippen molar-refractivity contribution in [1.82, 2.24) is 29.4 Å². The van der Waals surface area contributed by atoms with Gasteiger partial charge in [-0.25, -0.2) is 4.39 Å². The number of benzene rings is 2. The average Bonchev–Trinajstić information content (AvgIpc) is 3.63. The highest BCUT2D eigenvalue weighted by atomic mass is 35.5. The molecule has 4 aromatic rings. The largest absolute Gasteiger partial charge is 0.416 e. The number of anilines is 3. The molecule has 0 aliphatic carbocycles. The van der Waals surface area contributed by atoms with Crippen LogP contribution in [0, 0.1) is 5.82 Å². The van der Waals surface area contributed by atoms with Crippen LogP contribution in [0.1, 0.15) is 47.7 Å². The van der Waals surface area contributed by atoms with Crippen molar-refractivity contribution in [3.8, 4) is 0 Å². The number of nitrogens with one attached hydrogen (secondary N) is 3. The summed E-state index contributed by atoms with van der Waals surface area (Å²) >= 11 is 6.11. The minimum absolute atomic E-state index is 0.0337. The van der Waals surface area contributed by atoms with E-state index in [0.717, 1.165) is 28.3 Å². The molecule has 0 unspecified atom stereocenters. The number of rotatable bonds is 11. The Bertz CT molecular complexity index is 2210. The van der Waals surface area contributed by atoms with Gasteiger partial charge in [0.2, 0.25) is 17.6 Å². The van der Waals surface area contributed by atoms with Crippen molar-refractivity contribution < 1.29 is 36.7 Å². The number of piperazine rings is 1. The minimum atomic E-state index is -4.63. The summed E-state index contributed by atoms with van der Waals surface area (Å²) in [4.78, 5) is 61.6. The van der Waals surface area contributed by atoms with Gasteiger partial charge in [-0.3, -0.25) is 19.2 Å². The molecule has 4 heterocycles. The summed E-state index contributed by atoms with van der Waals surface area (Å²) in [5, 5.41) is 12.3. The summed E-state index contributed by atoms with van der Waals surface area (Å²) in [5.41, 5.74) is 0.311. The fourth-order valence-corrected chi connectivity index (χ4v) is 6.71. The van der Waals surface area contributed by atoms with Crippen LogP contribution >= 0.6 is 11.6 Å². The maximum Gasteiger partial charge on any atom is 0.416 e. The first-order valence-electron chi connectivity index (χ1n) is 17.6. The number of halogens is 5. The number of carbonyl (C=O) groups excluding carboxylic acids is 3. The maximum atomic E-state index is 14.4. The Morgan fingerprint density at radius 1 is 1.04 bits per heavy atom. The van der Waals surface area contributed by atoms with Crippen molar-refractivity contribution in [1.29, 1.82) is 0 Å². The second-order valence-corrected chi connectivity index (χ2v) is 13.2. The Balaban J connectivity index is 1.24. The van der Waals surface area contributed by atoms with Gasteiger partial charge in [0.25, 0.3) is 11.5 Å². The van der Waals surface area contributed by atoms with Gasteiger partial charge in [0.1, 0.15) is 18.0 Å². The van der Waals surface area contributed by atoms with Crippen LogP contribution in [0.2, 0.25) is 5.02 Å². The van der Waals surface area contributed by atoms with E-state index in [4.69, 9.17) is 16.3 Å². The standard InChI is InChI=1S/C36H38ClF4N9O5/c1-3-28-31(48-13-11-47(12-14-48)30(52)19-43-33(53)24-18-23(42-4-2)6-7-26(24)38)34(54)50-35(45-32(46-50)21-9-15-55-16-10-21)49(28)20-29(51)44-27-8-5-22(17-25(27)37)36(39,40)41/h5-9,17-18,42H,3-4,10-16,19-20H2,1-2H3,(H,43,53)(H,44,51). The van der Waals surface area contributed by atoms with Crippen molar-refractivity contribution in [3.05, 3.63) is 86.3 Å². The number of aromatic nitrogens is 4. The Kier molecular flexibility index (Phi) is 11.7. The van der Waals surface area contributed by atoms with Crippen LogP contribution in [0.5, 0.6) is 0 Å². The van der Waals surface area contributed by atoms with Gasteiger partial charge < -0.3 is 35.1 Å². The Labute approximate surface area is 317 Å². The number of carbonyl (C=O) groups is 3. The Morgan fingerprint density at radius 3 is 2.45 bits per heavy atom. The number of amides is 3. The minimum Gasteiger partial charge on any atom is -0.385 e. The number of fused-ring (bicyclic) bond motifs is 1. The highest BCUT2D eigenvalue weighted by Gasteiger charge is 2.32. The van der Waals surface area contributed by atoms with E-state index in [9.17, 15) is 36.7 Å². The lowest BCUT2D eigenvalue weighted by Crippen LogP contribution is -2.52. The van der Waals surface area contributed by atoms with E-state index in [-0.39, 0.29) is 72.7 Å². The number of hydrogen-bond donors (Lipinski definition) is 3. The molecule has 292 valence electrons. The summed E-state index contributed by atoms with van der Waals surface area (Å²) in [6.07, 6.45) is -2.05. The number of alkyl halides is 3. The lowest BCUT2D eigenvalue weighted by Gasteiger charge is -2.36. The predicted molar refractivity (Wildman–Crippen MR) is 197 cm³/mol. The van der Waals surface area contributed by atoms with Gasteiger partial charge in [0.05, 0.1) is 47.3 Å². The number of nitrogens with zero attached hydrogens (tertiary/aromatic N) is 6.